The van der Waals surface area contributed by atoms with E-state index in [9.17, 15) is 0 Å². The lowest BCUT2D eigenvalue weighted by Gasteiger charge is -2.10. The molecule has 0 unspecified atom stereocenters. The maximum atomic E-state index is 4.39. The van der Waals surface area contributed by atoms with Crippen molar-refractivity contribution in [1.82, 2.24) is 14.8 Å². The first kappa shape index (κ1) is 10.0. The first-order valence-corrected chi connectivity index (χ1v) is 4.70. The molecule has 0 saturated carbocycles. The van der Waals surface area contributed by atoms with Gasteiger partial charge >= 0.3 is 0 Å². The Labute approximate surface area is 79.4 Å². The Hall–Kier alpha value is -1.06. The maximum absolute atomic E-state index is 4.39. The summed E-state index contributed by atoms with van der Waals surface area (Å²) in [5.74, 6) is 2.16. The molecule has 0 aromatic carbocycles. The lowest BCUT2D eigenvalue weighted by Crippen LogP contribution is -2.09. The normalized spacial score (nSPS) is 11.3. The number of nitrogens with zero attached hydrogens (tertiary/aromatic N) is 3. The Kier molecular flexibility index (Phi) is 2.90. The molecule has 0 aliphatic heterocycles. The fraction of sp³-hybridized carbons (Fsp3) is 0.778. The van der Waals surface area contributed by atoms with Gasteiger partial charge in [-0.15, -0.1) is 5.10 Å². The Morgan fingerprint density at radius 2 is 1.85 bits per heavy atom. The number of nitrogens with one attached hydrogen (secondary N) is 1. The molecule has 0 atom stereocenters. The van der Waals surface area contributed by atoms with Crippen LogP contribution in [0.2, 0.25) is 0 Å². The lowest BCUT2D eigenvalue weighted by atomic mass is 10.2. The number of hydrogen-bond donors (Lipinski definition) is 1. The molecule has 4 heteroatoms. The van der Waals surface area contributed by atoms with Crippen LogP contribution in [0.3, 0.4) is 0 Å². The predicted octanol–water partition coefficient (Wildman–Crippen LogP) is 2.02. The summed E-state index contributed by atoms with van der Waals surface area (Å²) < 4.78 is 1.97. The van der Waals surface area contributed by atoms with Crippen LogP contribution in [-0.4, -0.2) is 21.8 Å². The van der Waals surface area contributed by atoms with Crippen molar-refractivity contribution >= 4 is 5.95 Å². The third-order valence-electron chi connectivity index (χ3n) is 1.89. The first-order chi connectivity index (χ1) is 6.06. The number of anilines is 1. The molecular weight excluding hydrogens is 164 g/mol. The lowest BCUT2D eigenvalue weighted by molar-refractivity contribution is 0.493. The molecule has 13 heavy (non-hydrogen) atoms. The minimum absolute atomic E-state index is 0.368. The van der Waals surface area contributed by atoms with Crippen molar-refractivity contribution < 1.29 is 0 Å². The van der Waals surface area contributed by atoms with Crippen molar-refractivity contribution in [2.45, 2.75) is 39.7 Å². The fourth-order valence-corrected chi connectivity index (χ4v) is 1.21. The molecule has 0 bridgehead atoms. The summed E-state index contributed by atoms with van der Waals surface area (Å²) in [7, 11) is 1.84. The zero-order chi connectivity index (χ0) is 10.0. The van der Waals surface area contributed by atoms with E-state index in [4.69, 9.17) is 0 Å². The SMILES string of the molecule is CNc1nc(C(C)C)n(C(C)C)n1. The van der Waals surface area contributed by atoms with Gasteiger partial charge in [0.2, 0.25) is 5.95 Å². The van der Waals surface area contributed by atoms with Gasteiger partial charge in [-0.1, -0.05) is 13.8 Å². The molecule has 0 aliphatic rings. The summed E-state index contributed by atoms with van der Waals surface area (Å²) in [5.41, 5.74) is 0. The van der Waals surface area contributed by atoms with E-state index in [1.54, 1.807) is 0 Å². The summed E-state index contributed by atoms with van der Waals surface area (Å²) in [6, 6.07) is 0.368. The zero-order valence-corrected chi connectivity index (χ0v) is 9.00. The van der Waals surface area contributed by atoms with Crippen LogP contribution in [-0.2, 0) is 0 Å². The van der Waals surface area contributed by atoms with Crippen molar-refractivity contribution in [3.05, 3.63) is 5.82 Å². The molecule has 1 aromatic heterocycles. The first-order valence-electron chi connectivity index (χ1n) is 4.70. The minimum atomic E-state index is 0.368. The van der Waals surface area contributed by atoms with Gasteiger partial charge in [-0.05, 0) is 13.8 Å². The van der Waals surface area contributed by atoms with Gasteiger partial charge in [0.1, 0.15) is 5.82 Å². The third-order valence-corrected chi connectivity index (χ3v) is 1.89. The van der Waals surface area contributed by atoms with Gasteiger partial charge in [-0.3, -0.25) is 0 Å². The van der Waals surface area contributed by atoms with Crippen LogP contribution in [0.25, 0.3) is 0 Å². The average Bonchev–Trinajstić information content (AvgIpc) is 2.47. The van der Waals surface area contributed by atoms with Gasteiger partial charge in [0.15, 0.2) is 0 Å². The van der Waals surface area contributed by atoms with Gasteiger partial charge < -0.3 is 5.32 Å². The number of rotatable bonds is 3. The molecule has 0 amide bonds. The summed E-state index contributed by atoms with van der Waals surface area (Å²) in [6.07, 6.45) is 0. The van der Waals surface area contributed by atoms with Gasteiger partial charge in [-0.2, -0.15) is 4.98 Å². The van der Waals surface area contributed by atoms with Crippen LogP contribution in [0, 0.1) is 0 Å². The Bertz CT molecular complexity index is 250. The smallest absolute Gasteiger partial charge is 0.242 e. The molecule has 0 aliphatic carbocycles. The molecule has 0 radical (unpaired) electrons. The van der Waals surface area contributed by atoms with Crippen LogP contribution < -0.4 is 5.32 Å². The van der Waals surface area contributed by atoms with Crippen molar-refractivity contribution in [2.24, 2.45) is 0 Å². The number of hydrogen-bond acceptors (Lipinski definition) is 3. The second-order valence-electron chi connectivity index (χ2n) is 3.74. The standard InChI is InChI=1S/C9H18N4/c1-6(2)8-11-9(10-5)12-13(8)7(3)4/h6-7H,1-5H3,(H,10,12). The van der Waals surface area contributed by atoms with E-state index < -0.39 is 0 Å². The molecule has 1 N–H and O–H groups in total. The van der Waals surface area contributed by atoms with Crippen LogP contribution >= 0.6 is 0 Å². The van der Waals surface area contributed by atoms with Crippen molar-refractivity contribution in [2.75, 3.05) is 12.4 Å². The molecule has 74 valence electrons. The Balaban J connectivity index is 3.08. The Morgan fingerprint density at radius 1 is 1.23 bits per heavy atom. The quantitative estimate of drug-likeness (QED) is 0.777. The molecule has 0 saturated heterocycles. The van der Waals surface area contributed by atoms with Gasteiger partial charge in [0.05, 0.1) is 0 Å². The van der Waals surface area contributed by atoms with E-state index in [2.05, 4.69) is 43.1 Å². The highest BCUT2D eigenvalue weighted by atomic mass is 15.4. The van der Waals surface area contributed by atoms with Crippen LogP contribution in [0.1, 0.15) is 45.5 Å². The topological polar surface area (TPSA) is 42.7 Å². The average molecular weight is 182 g/mol. The van der Waals surface area contributed by atoms with Crippen molar-refractivity contribution in [1.29, 1.82) is 0 Å². The van der Waals surface area contributed by atoms with Crippen molar-refractivity contribution in [3.8, 4) is 0 Å². The monoisotopic (exact) mass is 182 g/mol. The van der Waals surface area contributed by atoms with Crippen LogP contribution in [0.15, 0.2) is 0 Å². The molecule has 1 heterocycles. The van der Waals surface area contributed by atoms with E-state index in [0.717, 1.165) is 5.82 Å². The fourth-order valence-electron chi connectivity index (χ4n) is 1.21. The highest BCUT2D eigenvalue weighted by Gasteiger charge is 2.13. The van der Waals surface area contributed by atoms with Gasteiger partial charge in [-0.25, -0.2) is 4.68 Å². The largest absolute Gasteiger partial charge is 0.356 e. The maximum Gasteiger partial charge on any atom is 0.242 e. The summed E-state index contributed by atoms with van der Waals surface area (Å²) in [5, 5.41) is 7.30. The summed E-state index contributed by atoms with van der Waals surface area (Å²) in [4.78, 5) is 4.39. The van der Waals surface area contributed by atoms with Crippen molar-refractivity contribution in [3.63, 3.8) is 0 Å². The van der Waals surface area contributed by atoms with Crippen LogP contribution in [0.5, 0.6) is 0 Å². The van der Waals surface area contributed by atoms with E-state index in [1.807, 2.05) is 11.7 Å². The molecule has 0 fully saturated rings. The van der Waals surface area contributed by atoms with E-state index in [1.165, 1.54) is 0 Å². The summed E-state index contributed by atoms with van der Waals surface area (Å²) in [6.45, 7) is 8.48. The highest BCUT2D eigenvalue weighted by molar-refractivity contribution is 5.22. The Morgan fingerprint density at radius 3 is 2.15 bits per heavy atom. The predicted molar refractivity (Wildman–Crippen MR) is 54.0 cm³/mol. The second kappa shape index (κ2) is 3.77. The molecular formula is C9H18N4. The van der Waals surface area contributed by atoms with Gasteiger partial charge in [0.25, 0.3) is 0 Å². The molecule has 4 nitrogen and oxygen atoms in total. The van der Waals surface area contributed by atoms with Gasteiger partial charge in [0, 0.05) is 19.0 Å². The van der Waals surface area contributed by atoms with E-state index in [0.29, 0.717) is 17.9 Å². The second-order valence-corrected chi connectivity index (χ2v) is 3.74. The zero-order valence-electron chi connectivity index (χ0n) is 9.00. The van der Waals surface area contributed by atoms with E-state index >= 15 is 0 Å². The molecule has 0 spiro atoms. The van der Waals surface area contributed by atoms with E-state index in [-0.39, 0.29) is 0 Å². The number of aromatic nitrogens is 3. The molecule has 1 rings (SSSR count). The highest BCUT2D eigenvalue weighted by Crippen LogP contribution is 2.17. The van der Waals surface area contributed by atoms with Crippen LogP contribution in [0.4, 0.5) is 5.95 Å². The molecule has 1 aromatic rings. The third kappa shape index (κ3) is 1.99. The summed E-state index contributed by atoms with van der Waals surface area (Å²) >= 11 is 0. The minimum Gasteiger partial charge on any atom is -0.356 e.